The first-order valence-electron chi connectivity index (χ1n) is 21.3. The van der Waals surface area contributed by atoms with Crippen LogP contribution in [0.1, 0.15) is 69.2 Å². The Labute approximate surface area is 381 Å². The third-order valence-electron chi connectivity index (χ3n) is 10.6. The van der Waals surface area contributed by atoms with Gasteiger partial charge in [0.1, 0.15) is 24.2 Å². The van der Waals surface area contributed by atoms with E-state index < -0.39 is 78.1 Å². The predicted molar refractivity (Wildman–Crippen MR) is 246 cm³/mol. The zero-order chi connectivity index (χ0) is 45.9. The van der Waals surface area contributed by atoms with E-state index in [9.17, 15) is 33.6 Å². The Hall–Kier alpha value is -4.92. The van der Waals surface area contributed by atoms with Gasteiger partial charge in [-0.25, -0.2) is 0 Å². The standard InChI is InChI=1S/C42H62ClN11O7S2/c1-25(2)36-40(60)51-31(22-34(44)55)38(58)52-32(41(61)54-17-5-9-33(54)39(59)47-15-3-4-16-48-42(45)46)24-62-18-7-10-35(56)50-28(20-26-11-13-27(43)14-12-26)23-49-30(37(57)53-36)21-29-8-6-19-63-29/h6,8,11-14,19,25,28,30-33,36,49H,3-5,7,9-10,15-18,20-24H2,1-2H3,(H2,44,55)(H,47,59)(H,50,56)(H,51,60)(H,52,58)(H,53,57)(H4,45,46,48)/t28-,30-,31-,32-,33-,36-/m0/s1. The van der Waals surface area contributed by atoms with Crippen LogP contribution in [0.15, 0.2) is 46.8 Å². The fourth-order valence-electron chi connectivity index (χ4n) is 7.27. The Morgan fingerprint density at radius 1 is 0.921 bits per heavy atom. The summed E-state index contributed by atoms with van der Waals surface area (Å²) in [5.41, 5.74) is 17.2. The number of nitrogens with two attached hydrogens (primary N) is 3. The van der Waals surface area contributed by atoms with Gasteiger partial charge in [-0.05, 0) is 79.3 Å². The summed E-state index contributed by atoms with van der Waals surface area (Å²) < 4.78 is 0. The van der Waals surface area contributed by atoms with Crippen LogP contribution in [0.5, 0.6) is 0 Å². The normalized spacial score (nSPS) is 23.5. The van der Waals surface area contributed by atoms with Crippen LogP contribution in [0.4, 0.5) is 0 Å². The van der Waals surface area contributed by atoms with Crippen LogP contribution in [0.3, 0.4) is 0 Å². The topological polar surface area (TPSA) is 285 Å². The number of benzene rings is 1. The Morgan fingerprint density at radius 2 is 1.67 bits per heavy atom. The van der Waals surface area contributed by atoms with Crippen LogP contribution in [-0.2, 0) is 46.4 Å². The van der Waals surface area contributed by atoms with Crippen molar-refractivity contribution in [3.63, 3.8) is 0 Å². The van der Waals surface area contributed by atoms with Gasteiger partial charge < -0.3 is 54.0 Å². The number of carbonyl (C=O) groups excluding carboxylic acids is 7. The number of hydrogen-bond acceptors (Lipinski definition) is 11. The molecule has 7 amide bonds. The molecule has 12 N–H and O–H groups in total. The molecule has 2 saturated heterocycles. The number of nitrogens with zero attached hydrogens (tertiary/aromatic N) is 2. The SMILES string of the molecule is CC(C)[C@@H]1NC(=O)[C@H](Cc2cccs2)NC[C@H](Cc2ccc(Cl)cc2)NC(=O)CCCSC[C@@H](C(=O)N2CCC[C@H]2C(=O)NCCCCN=C(N)N)NC(=O)[C@H](CC(N)=O)NC1=O. The quantitative estimate of drug-likeness (QED) is 0.0706. The molecule has 18 nitrogen and oxygen atoms in total. The maximum Gasteiger partial charge on any atom is 0.246 e. The second-order valence-electron chi connectivity index (χ2n) is 16.0. The number of carbonyl (C=O) groups is 7. The highest BCUT2D eigenvalue weighted by atomic mass is 35.5. The van der Waals surface area contributed by atoms with E-state index >= 15 is 0 Å². The molecule has 6 atom stereocenters. The van der Waals surface area contributed by atoms with Crippen molar-refractivity contribution in [2.45, 2.75) is 108 Å². The van der Waals surface area contributed by atoms with Crippen molar-refractivity contribution in [3.05, 3.63) is 57.2 Å². The lowest BCUT2D eigenvalue weighted by Crippen LogP contribution is -2.61. The van der Waals surface area contributed by atoms with Gasteiger partial charge in [0.15, 0.2) is 5.96 Å². The zero-order valence-electron chi connectivity index (χ0n) is 35.9. The number of amides is 7. The van der Waals surface area contributed by atoms with Crippen molar-refractivity contribution in [3.8, 4) is 0 Å². The molecule has 63 heavy (non-hydrogen) atoms. The van der Waals surface area contributed by atoms with E-state index in [1.54, 1.807) is 26.0 Å². The van der Waals surface area contributed by atoms with Gasteiger partial charge in [0, 0.05) is 60.7 Å². The summed E-state index contributed by atoms with van der Waals surface area (Å²) in [6.45, 7) is 4.71. The molecule has 0 bridgehead atoms. The number of thiophene rings is 1. The molecular weight excluding hydrogens is 870 g/mol. The molecule has 0 spiro atoms. The number of unbranched alkanes of at least 4 members (excludes halogenated alkanes) is 1. The molecule has 2 aromatic rings. The van der Waals surface area contributed by atoms with E-state index in [4.69, 9.17) is 28.8 Å². The van der Waals surface area contributed by atoms with Crippen LogP contribution in [0, 0.1) is 5.92 Å². The second kappa shape index (κ2) is 26.0. The smallest absolute Gasteiger partial charge is 0.246 e. The molecule has 346 valence electrons. The highest BCUT2D eigenvalue weighted by Crippen LogP contribution is 2.21. The summed E-state index contributed by atoms with van der Waals surface area (Å²) in [5, 5.41) is 20.0. The Balaban J connectivity index is 1.59. The van der Waals surface area contributed by atoms with Gasteiger partial charge in [-0.1, -0.05) is 43.6 Å². The summed E-state index contributed by atoms with van der Waals surface area (Å²) in [4.78, 5) is 102. The number of likely N-dealkylation sites (tertiary alicyclic amines) is 1. The molecule has 0 saturated carbocycles. The molecular formula is C42H62ClN11O7S2. The average Bonchev–Trinajstić information content (AvgIpc) is 3.94. The maximum absolute atomic E-state index is 14.3. The summed E-state index contributed by atoms with van der Waals surface area (Å²) in [6, 6.07) is 5.23. The number of rotatable bonds is 14. The van der Waals surface area contributed by atoms with Gasteiger partial charge in [0.25, 0.3) is 0 Å². The average molecular weight is 933 g/mol. The minimum Gasteiger partial charge on any atom is -0.370 e. The number of primary amides is 1. The van der Waals surface area contributed by atoms with Crippen molar-refractivity contribution in [1.29, 1.82) is 0 Å². The second-order valence-corrected chi connectivity index (χ2v) is 18.7. The van der Waals surface area contributed by atoms with Crippen molar-refractivity contribution in [2.75, 3.05) is 37.7 Å². The molecule has 1 aromatic carbocycles. The van der Waals surface area contributed by atoms with E-state index in [0.29, 0.717) is 62.4 Å². The number of aliphatic imine (C=N–C) groups is 1. The zero-order valence-corrected chi connectivity index (χ0v) is 38.3. The van der Waals surface area contributed by atoms with Crippen LogP contribution in [0.2, 0.25) is 5.02 Å². The third-order valence-corrected chi connectivity index (χ3v) is 12.9. The maximum atomic E-state index is 14.3. The van der Waals surface area contributed by atoms with E-state index in [1.807, 2.05) is 29.6 Å². The van der Waals surface area contributed by atoms with Crippen LogP contribution >= 0.6 is 34.7 Å². The van der Waals surface area contributed by atoms with Gasteiger partial charge in [-0.2, -0.15) is 11.8 Å². The van der Waals surface area contributed by atoms with E-state index in [2.05, 4.69) is 36.9 Å². The van der Waals surface area contributed by atoms with Gasteiger partial charge in [0.05, 0.1) is 12.5 Å². The van der Waals surface area contributed by atoms with Gasteiger partial charge >= 0.3 is 0 Å². The van der Waals surface area contributed by atoms with Crippen molar-refractivity contribution in [1.82, 2.24) is 36.8 Å². The van der Waals surface area contributed by atoms with E-state index in [-0.39, 0.29) is 49.5 Å². The van der Waals surface area contributed by atoms with Crippen LogP contribution in [0.25, 0.3) is 0 Å². The lowest BCUT2D eigenvalue weighted by molar-refractivity contribution is -0.141. The van der Waals surface area contributed by atoms with Crippen molar-refractivity contribution in [2.24, 2.45) is 28.1 Å². The predicted octanol–water partition coefficient (Wildman–Crippen LogP) is 0.303. The minimum absolute atomic E-state index is 0.0114. The first kappa shape index (κ1) is 50.7. The molecule has 2 fully saturated rings. The van der Waals surface area contributed by atoms with E-state index in [0.717, 1.165) is 10.4 Å². The Kier molecular flexibility index (Phi) is 20.9. The molecule has 0 unspecified atom stereocenters. The first-order chi connectivity index (χ1) is 30.1. The summed E-state index contributed by atoms with van der Waals surface area (Å²) >= 11 is 8.96. The number of hydrogen-bond donors (Lipinski definition) is 9. The summed E-state index contributed by atoms with van der Waals surface area (Å²) in [7, 11) is 0. The van der Waals surface area contributed by atoms with Crippen LogP contribution in [-0.4, -0.2) is 126 Å². The molecule has 3 heterocycles. The summed E-state index contributed by atoms with van der Waals surface area (Å²) in [6.07, 6.45) is 2.97. The molecule has 21 heteroatoms. The van der Waals surface area contributed by atoms with Gasteiger partial charge in [0.2, 0.25) is 41.4 Å². The highest BCUT2D eigenvalue weighted by molar-refractivity contribution is 7.99. The lowest BCUT2D eigenvalue weighted by Gasteiger charge is -2.30. The van der Waals surface area contributed by atoms with Crippen molar-refractivity contribution < 1.29 is 33.6 Å². The number of nitrogens with one attached hydrogen (secondary N) is 6. The number of thioether (sulfide) groups is 1. The molecule has 2 aliphatic rings. The monoisotopic (exact) mass is 931 g/mol. The van der Waals surface area contributed by atoms with Gasteiger partial charge in [-0.15, -0.1) is 11.3 Å². The Morgan fingerprint density at radius 3 is 2.35 bits per heavy atom. The fraction of sp³-hybridized carbons (Fsp3) is 0.571. The number of guanidine groups is 1. The number of halogens is 1. The molecule has 0 aliphatic carbocycles. The lowest BCUT2D eigenvalue weighted by atomic mass is 10.0. The summed E-state index contributed by atoms with van der Waals surface area (Å²) in [5.74, 6) is -3.96. The first-order valence-corrected chi connectivity index (χ1v) is 23.7. The fourth-order valence-corrected chi connectivity index (χ4v) is 9.13. The van der Waals surface area contributed by atoms with Crippen LogP contribution < -0.4 is 49.1 Å². The largest absolute Gasteiger partial charge is 0.370 e. The highest BCUT2D eigenvalue weighted by Gasteiger charge is 2.39. The van der Waals surface area contributed by atoms with E-state index in [1.165, 1.54) is 28.0 Å². The molecule has 2 aliphatic heterocycles. The minimum atomic E-state index is -1.49. The third kappa shape index (κ3) is 17.3. The molecule has 0 radical (unpaired) electrons. The molecule has 4 rings (SSSR count). The van der Waals surface area contributed by atoms with Crippen molar-refractivity contribution >= 4 is 82.0 Å². The van der Waals surface area contributed by atoms with Gasteiger partial charge in [-0.3, -0.25) is 38.6 Å². The Bertz CT molecular complexity index is 1880. The molecule has 1 aromatic heterocycles.